The van der Waals surface area contributed by atoms with Crippen molar-refractivity contribution in [3.63, 3.8) is 0 Å². The zero-order valence-corrected chi connectivity index (χ0v) is 26.7. The minimum absolute atomic E-state index is 0.0189. The molecule has 2 heterocycles. The van der Waals surface area contributed by atoms with Crippen LogP contribution in [0.3, 0.4) is 0 Å². The molecule has 4 rings (SSSR count). The van der Waals surface area contributed by atoms with Gasteiger partial charge in [0, 0.05) is 0 Å². The van der Waals surface area contributed by atoms with Gasteiger partial charge in [-0.1, -0.05) is 0 Å². The molecule has 0 spiro atoms. The first-order valence-electron chi connectivity index (χ1n) is 13.1. The molecule has 2 aromatic carbocycles. The van der Waals surface area contributed by atoms with Gasteiger partial charge in [-0.15, -0.1) is 0 Å². The van der Waals surface area contributed by atoms with E-state index >= 15 is 0 Å². The van der Waals surface area contributed by atoms with Crippen LogP contribution in [0.15, 0.2) is 36.4 Å². The average molecular weight is 708 g/mol. The van der Waals surface area contributed by atoms with Crippen LogP contribution in [0.4, 0.5) is 0 Å². The molecule has 0 aliphatic carbocycles. The van der Waals surface area contributed by atoms with Gasteiger partial charge in [-0.3, -0.25) is 0 Å². The molecule has 0 saturated heterocycles. The molecule has 2 N–H and O–H groups in total. The molecule has 0 aliphatic heterocycles. The molecule has 222 valence electrons. The van der Waals surface area contributed by atoms with Crippen LogP contribution in [-0.4, -0.2) is 90.2 Å². The van der Waals surface area contributed by atoms with E-state index in [0.717, 1.165) is 19.3 Å². The summed E-state index contributed by atoms with van der Waals surface area (Å²) in [6.07, 6.45) is 0.312. The third-order valence-corrected chi connectivity index (χ3v) is 11.2. The molecule has 1 unspecified atom stereocenters. The second-order valence-corrected chi connectivity index (χ2v) is 14.1. The Hall–Kier alpha value is -3.56. The number of carbonyl (C=O) groups is 4. The zero-order valence-electron chi connectivity index (χ0n) is 23.3. The summed E-state index contributed by atoms with van der Waals surface area (Å²) < 4.78 is 26.2. The Morgan fingerprint density at radius 1 is 0.714 bits per heavy atom. The first-order valence-corrected chi connectivity index (χ1v) is 16.5. The molecule has 10 nitrogen and oxygen atoms in total. The molecule has 0 aliphatic rings. The molecule has 0 fully saturated rings. The van der Waals surface area contributed by atoms with Crippen LogP contribution in [0.2, 0.25) is 0 Å². The Morgan fingerprint density at radius 2 is 1.21 bits per heavy atom. The summed E-state index contributed by atoms with van der Waals surface area (Å²) in [6, 6.07) is 11.0. The molecular weight excluding hydrogens is 678 g/mol. The fourth-order valence-electron chi connectivity index (χ4n) is 4.15. The van der Waals surface area contributed by atoms with Gasteiger partial charge >= 0.3 is 254 Å². The average Bonchev–Trinajstić information content (AvgIpc) is 3.58. The summed E-state index contributed by atoms with van der Waals surface area (Å²) in [5.41, 5.74) is 0. The van der Waals surface area contributed by atoms with E-state index in [1.54, 1.807) is 20.3 Å². The molecule has 0 amide bonds. The molecule has 4 aromatic rings. The number of fused-ring (bicyclic) bond motifs is 2. The van der Waals surface area contributed by atoms with Crippen LogP contribution >= 0.6 is 0 Å². The van der Waals surface area contributed by atoms with Crippen molar-refractivity contribution in [1.82, 2.24) is 0 Å². The zero-order chi connectivity index (χ0) is 30.4. The van der Waals surface area contributed by atoms with Crippen molar-refractivity contribution >= 4 is 71.8 Å². The van der Waals surface area contributed by atoms with E-state index in [9.17, 15) is 19.2 Å². The molecule has 0 radical (unpaired) electrons. The number of ketones is 2. The van der Waals surface area contributed by atoms with Crippen LogP contribution < -0.4 is 18.9 Å². The van der Waals surface area contributed by atoms with Crippen LogP contribution in [0.1, 0.15) is 51.1 Å². The molecule has 1 atom stereocenters. The maximum atomic E-state index is 12.6. The van der Waals surface area contributed by atoms with Gasteiger partial charge in [-0.25, -0.2) is 0 Å². The quantitative estimate of drug-likeness (QED) is 0.0982. The van der Waals surface area contributed by atoms with Gasteiger partial charge in [-0.2, -0.15) is 0 Å². The standard InChI is InChI=1S/C30H30O10Se2/c1-16(30(35)36)9-20(32)28-13-18-11-24(22(38-3)15-26(18)42-28)40-8-4-7-39-23-10-17-12-27(19(31)5-6-29(33)34)41-25(17)14-21(23)37-2/h10-16H,4-9H2,1-3H3,(H,33,34)(H,35,36). The van der Waals surface area contributed by atoms with Crippen LogP contribution in [0, 0.1) is 5.92 Å². The molecule has 2 aromatic heterocycles. The van der Waals surface area contributed by atoms with Gasteiger partial charge < -0.3 is 0 Å². The van der Waals surface area contributed by atoms with Crippen molar-refractivity contribution in [1.29, 1.82) is 0 Å². The molecule has 0 bridgehead atoms. The van der Waals surface area contributed by atoms with Gasteiger partial charge in [0.05, 0.1) is 0 Å². The van der Waals surface area contributed by atoms with Crippen molar-refractivity contribution in [2.75, 3.05) is 27.4 Å². The normalized spacial score (nSPS) is 11.8. The Balaban J connectivity index is 1.37. The van der Waals surface area contributed by atoms with Crippen LogP contribution in [-0.2, 0) is 9.59 Å². The van der Waals surface area contributed by atoms with E-state index in [1.165, 1.54) is 6.92 Å². The van der Waals surface area contributed by atoms with Crippen molar-refractivity contribution < 1.29 is 48.3 Å². The monoisotopic (exact) mass is 710 g/mol. The van der Waals surface area contributed by atoms with Crippen LogP contribution in [0.5, 0.6) is 23.0 Å². The Bertz CT molecular complexity index is 1630. The SMILES string of the molecule is COc1cc2[se]c(C(=O)CCC(=O)O)cc2cc1OCCCOc1cc2cc(C(=O)CC(C)C(=O)O)[se]c2cc1OC. The van der Waals surface area contributed by atoms with Gasteiger partial charge in [0.2, 0.25) is 0 Å². The number of aliphatic carboxylic acids is 2. The fourth-order valence-corrected chi connectivity index (χ4v) is 8.47. The number of hydrogen-bond acceptors (Lipinski definition) is 8. The summed E-state index contributed by atoms with van der Waals surface area (Å²) >= 11 is -0.456. The second kappa shape index (κ2) is 14.1. The number of carboxylic acids is 2. The first-order chi connectivity index (χ1) is 20.1. The predicted octanol–water partition coefficient (Wildman–Crippen LogP) is 4.31. The summed E-state index contributed by atoms with van der Waals surface area (Å²) in [5, 5.41) is 19.7. The molecular formula is C30H30O10Se2. The second-order valence-electron chi connectivity index (χ2n) is 9.54. The number of rotatable bonds is 16. The summed E-state index contributed by atoms with van der Waals surface area (Å²) in [7, 11) is 3.10. The molecule has 0 saturated carbocycles. The number of carboxylic acid groups (broad SMARTS) is 2. The Labute approximate surface area is 253 Å². The minimum atomic E-state index is -0.995. The van der Waals surface area contributed by atoms with Crippen molar-refractivity contribution in [2.45, 2.75) is 32.6 Å². The third kappa shape index (κ3) is 7.63. The fraction of sp³-hybridized carbons (Fsp3) is 0.333. The Morgan fingerprint density at radius 3 is 1.67 bits per heavy atom. The van der Waals surface area contributed by atoms with E-state index in [1.807, 2.05) is 30.3 Å². The summed E-state index contributed by atoms with van der Waals surface area (Å²) in [5.74, 6) is -0.832. The van der Waals surface area contributed by atoms with Crippen LogP contribution in [0.25, 0.3) is 19.3 Å². The molecule has 12 heteroatoms. The molecule has 42 heavy (non-hydrogen) atoms. The number of benzene rings is 2. The number of Topliss-reactive ketones (excluding diaryl/α,β-unsaturated/α-hetero) is 2. The van der Waals surface area contributed by atoms with E-state index in [2.05, 4.69) is 0 Å². The van der Waals surface area contributed by atoms with Gasteiger partial charge in [0.25, 0.3) is 0 Å². The maximum absolute atomic E-state index is 12.6. The number of ether oxygens (including phenoxy) is 4. The summed E-state index contributed by atoms with van der Waals surface area (Å²) in [4.78, 5) is 46.9. The first kappa shape index (κ1) is 31.4. The topological polar surface area (TPSA) is 146 Å². The van der Waals surface area contributed by atoms with E-state index in [4.69, 9.17) is 29.2 Å². The summed E-state index contributed by atoms with van der Waals surface area (Å²) in [6.45, 7) is 2.20. The number of carbonyl (C=O) groups excluding carboxylic acids is 2. The third-order valence-electron chi connectivity index (χ3n) is 6.44. The van der Waals surface area contributed by atoms with E-state index in [0.29, 0.717) is 51.5 Å². The van der Waals surface area contributed by atoms with Gasteiger partial charge in [0.15, 0.2) is 0 Å². The van der Waals surface area contributed by atoms with Gasteiger partial charge in [0.1, 0.15) is 0 Å². The van der Waals surface area contributed by atoms with Gasteiger partial charge in [-0.05, 0) is 0 Å². The predicted molar refractivity (Wildman–Crippen MR) is 157 cm³/mol. The van der Waals surface area contributed by atoms with Crippen molar-refractivity contribution in [2.24, 2.45) is 5.92 Å². The number of hydrogen-bond donors (Lipinski definition) is 2. The van der Waals surface area contributed by atoms with Crippen molar-refractivity contribution in [3.8, 4) is 23.0 Å². The van der Waals surface area contributed by atoms with Crippen molar-refractivity contribution in [3.05, 3.63) is 45.3 Å². The van der Waals surface area contributed by atoms with E-state index < -0.39 is 17.9 Å². The van der Waals surface area contributed by atoms with E-state index in [-0.39, 0.29) is 59.8 Å². The Kier molecular flexibility index (Phi) is 10.5. The number of methoxy groups -OCH3 is 2.